The number of rotatable bonds is 2. The topological polar surface area (TPSA) is 55.6 Å². The van der Waals surface area contributed by atoms with E-state index in [1.54, 1.807) is 0 Å². The van der Waals surface area contributed by atoms with Crippen LogP contribution in [0.15, 0.2) is 0 Å². The Morgan fingerprint density at radius 1 is 1.15 bits per heavy atom. The van der Waals surface area contributed by atoms with Crippen LogP contribution in [0.25, 0.3) is 0 Å². The SMILES string of the molecule is NC(C(=O)N1CCC2(CCCCC2)C1)C1CCOCC1. The fourth-order valence-electron chi connectivity index (χ4n) is 4.32. The molecule has 3 fully saturated rings. The zero-order chi connectivity index (χ0) is 14.0. The molecule has 114 valence electrons. The van der Waals surface area contributed by atoms with Gasteiger partial charge in [0.05, 0.1) is 6.04 Å². The highest BCUT2D eigenvalue weighted by molar-refractivity contribution is 5.82. The number of hydrogen-bond acceptors (Lipinski definition) is 3. The summed E-state index contributed by atoms with van der Waals surface area (Å²) in [5.41, 5.74) is 6.68. The lowest BCUT2D eigenvalue weighted by Gasteiger charge is -2.34. The molecule has 1 spiro atoms. The minimum absolute atomic E-state index is 0.194. The third-order valence-electron chi connectivity index (χ3n) is 5.72. The van der Waals surface area contributed by atoms with Crippen molar-refractivity contribution in [2.45, 2.75) is 57.4 Å². The second-order valence-electron chi connectivity index (χ2n) is 7.05. The van der Waals surface area contributed by atoms with Gasteiger partial charge in [0.25, 0.3) is 0 Å². The van der Waals surface area contributed by atoms with Crippen LogP contribution in [-0.4, -0.2) is 43.2 Å². The lowest BCUT2D eigenvalue weighted by Crippen LogP contribution is -2.48. The average Bonchev–Trinajstić information content (AvgIpc) is 2.91. The maximum Gasteiger partial charge on any atom is 0.239 e. The fraction of sp³-hybridized carbons (Fsp3) is 0.938. The molecular formula is C16H28N2O2. The summed E-state index contributed by atoms with van der Waals surface area (Å²) in [5, 5.41) is 0. The lowest BCUT2D eigenvalue weighted by atomic mass is 9.73. The summed E-state index contributed by atoms with van der Waals surface area (Å²) in [6.07, 6.45) is 9.74. The molecule has 1 aliphatic carbocycles. The van der Waals surface area contributed by atoms with E-state index >= 15 is 0 Å². The van der Waals surface area contributed by atoms with Crippen molar-refractivity contribution in [3.05, 3.63) is 0 Å². The number of likely N-dealkylation sites (tertiary alicyclic amines) is 1. The van der Waals surface area contributed by atoms with Crippen LogP contribution < -0.4 is 5.73 Å². The van der Waals surface area contributed by atoms with Gasteiger partial charge in [0.1, 0.15) is 0 Å². The minimum Gasteiger partial charge on any atom is -0.381 e. The van der Waals surface area contributed by atoms with Crippen LogP contribution in [0.4, 0.5) is 0 Å². The van der Waals surface area contributed by atoms with Gasteiger partial charge in [0.15, 0.2) is 0 Å². The third-order valence-corrected chi connectivity index (χ3v) is 5.72. The molecule has 4 nitrogen and oxygen atoms in total. The zero-order valence-electron chi connectivity index (χ0n) is 12.5. The highest BCUT2D eigenvalue weighted by Crippen LogP contribution is 2.43. The lowest BCUT2D eigenvalue weighted by molar-refractivity contribution is -0.134. The van der Waals surface area contributed by atoms with Gasteiger partial charge in [0, 0.05) is 26.3 Å². The summed E-state index contributed by atoms with van der Waals surface area (Å²) < 4.78 is 5.36. The molecule has 2 heterocycles. The van der Waals surface area contributed by atoms with E-state index in [2.05, 4.69) is 4.90 Å². The first-order chi connectivity index (χ1) is 9.70. The molecule has 20 heavy (non-hydrogen) atoms. The standard InChI is InChI=1S/C16H28N2O2/c17-14(13-4-10-20-11-5-13)15(19)18-9-8-16(12-18)6-2-1-3-7-16/h13-14H,1-12,17H2. The van der Waals surface area contributed by atoms with Gasteiger partial charge in [-0.05, 0) is 43.4 Å². The number of ether oxygens (including phenoxy) is 1. The molecular weight excluding hydrogens is 252 g/mol. The van der Waals surface area contributed by atoms with Crippen molar-refractivity contribution in [1.29, 1.82) is 0 Å². The molecule has 0 aromatic rings. The Hall–Kier alpha value is -0.610. The Balaban J connectivity index is 1.57. The largest absolute Gasteiger partial charge is 0.381 e. The summed E-state index contributed by atoms with van der Waals surface area (Å²) >= 11 is 0. The Morgan fingerprint density at radius 2 is 1.85 bits per heavy atom. The minimum atomic E-state index is -0.308. The summed E-state index contributed by atoms with van der Waals surface area (Å²) in [5.74, 6) is 0.513. The Bertz CT molecular complexity index is 346. The van der Waals surface area contributed by atoms with Crippen molar-refractivity contribution in [1.82, 2.24) is 4.90 Å². The zero-order valence-corrected chi connectivity index (χ0v) is 12.5. The normalized spacial score (nSPS) is 28.8. The van der Waals surface area contributed by atoms with Gasteiger partial charge < -0.3 is 15.4 Å². The second kappa shape index (κ2) is 6.02. The van der Waals surface area contributed by atoms with Crippen LogP contribution in [0.2, 0.25) is 0 Å². The molecule has 2 saturated heterocycles. The molecule has 1 atom stereocenters. The molecule has 0 aromatic carbocycles. The second-order valence-corrected chi connectivity index (χ2v) is 7.05. The highest BCUT2D eigenvalue weighted by Gasteiger charge is 2.42. The van der Waals surface area contributed by atoms with E-state index < -0.39 is 0 Å². The van der Waals surface area contributed by atoms with Crippen LogP contribution in [0.3, 0.4) is 0 Å². The Labute approximate surface area is 122 Å². The monoisotopic (exact) mass is 280 g/mol. The van der Waals surface area contributed by atoms with E-state index in [-0.39, 0.29) is 11.9 Å². The Morgan fingerprint density at radius 3 is 2.55 bits per heavy atom. The van der Waals surface area contributed by atoms with Crippen LogP contribution in [0.5, 0.6) is 0 Å². The maximum atomic E-state index is 12.6. The average molecular weight is 280 g/mol. The number of nitrogens with zero attached hydrogens (tertiary/aromatic N) is 1. The van der Waals surface area contributed by atoms with Crippen LogP contribution in [0, 0.1) is 11.3 Å². The molecule has 0 bridgehead atoms. The Kier molecular flexibility index (Phi) is 4.32. The summed E-state index contributed by atoms with van der Waals surface area (Å²) in [6, 6.07) is -0.308. The van der Waals surface area contributed by atoms with Gasteiger partial charge in [-0.2, -0.15) is 0 Å². The molecule has 0 radical (unpaired) electrons. The van der Waals surface area contributed by atoms with Crippen molar-refractivity contribution >= 4 is 5.91 Å². The maximum absolute atomic E-state index is 12.6. The number of nitrogens with two attached hydrogens (primary N) is 1. The van der Waals surface area contributed by atoms with Crippen molar-refractivity contribution < 1.29 is 9.53 Å². The molecule has 3 rings (SSSR count). The van der Waals surface area contributed by atoms with Crippen LogP contribution in [0.1, 0.15) is 51.4 Å². The van der Waals surface area contributed by atoms with E-state index in [1.165, 1.54) is 38.5 Å². The van der Waals surface area contributed by atoms with Crippen molar-refractivity contribution in [2.75, 3.05) is 26.3 Å². The van der Waals surface area contributed by atoms with Gasteiger partial charge in [0.2, 0.25) is 5.91 Å². The first-order valence-corrected chi connectivity index (χ1v) is 8.32. The predicted molar refractivity (Wildman–Crippen MR) is 78.2 cm³/mol. The quantitative estimate of drug-likeness (QED) is 0.841. The van der Waals surface area contributed by atoms with E-state index in [1.807, 2.05) is 0 Å². The van der Waals surface area contributed by atoms with Crippen molar-refractivity contribution in [3.8, 4) is 0 Å². The molecule has 1 unspecified atom stereocenters. The van der Waals surface area contributed by atoms with Gasteiger partial charge in [-0.1, -0.05) is 19.3 Å². The van der Waals surface area contributed by atoms with Gasteiger partial charge >= 0.3 is 0 Å². The summed E-state index contributed by atoms with van der Waals surface area (Å²) in [6.45, 7) is 3.41. The number of carbonyl (C=O) groups excluding carboxylic acids is 1. The first kappa shape index (κ1) is 14.3. The van der Waals surface area contributed by atoms with E-state index in [0.29, 0.717) is 11.3 Å². The predicted octanol–water partition coefficient (Wildman–Crippen LogP) is 1.92. The molecule has 1 saturated carbocycles. The van der Waals surface area contributed by atoms with E-state index in [0.717, 1.165) is 39.1 Å². The van der Waals surface area contributed by atoms with Gasteiger partial charge in [-0.25, -0.2) is 0 Å². The van der Waals surface area contributed by atoms with Crippen LogP contribution >= 0.6 is 0 Å². The van der Waals surface area contributed by atoms with Gasteiger partial charge in [-0.15, -0.1) is 0 Å². The molecule has 2 aliphatic heterocycles. The molecule has 2 N–H and O–H groups in total. The number of hydrogen-bond donors (Lipinski definition) is 1. The van der Waals surface area contributed by atoms with Gasteiger partial charge in [-0.3, -0.25) is 4.79 Å². The highest BCUT2D eigenvalue weighted by atomic mass is 16.5. The molecule has 3 aliphatic rings. The third kappa shape index (κ3) is 2.86. The van der Waals surface area contributed by atoms with E-state index in [9.17, 15) is 4.79 Å². The first-order valence-electron chi connectivity index (χ1n) is 8.32. The smallest absolute Gasteiger partial charge is 0.239 e. The van der Waals surface area contributed by atoms with Crippen molar-refractivity contribution in [3.63, 3.8) is 0 Å². The van der Waals surface area contributed by atoms with Crippen molar-refractivity contribution in [2.24, 2.45) is 17.1 Å². The summed E-state index contributed by atoms with van der Waals surface area (Å²) in [4.78, 5) is 14.7. The number of amides is 1. The number of carbonyl (C=O) groups is 1. The fourth-order valence-corrected chi connectivity index (χ4v) is 4.32. The summed E-state index contributed by atoms with van der Waals surface area (Å²) in [7, 11) is 0. The molecule has 1 amide bonds. The van der Waals surface area contributed by atoms with Crippen LogP contribution in [-0.2, 0) is 9.53 Å². The van der Waals surface area contributed by atoms with E-state index in [4.69, 9.17) is 10.5 Å². The molecule has 4 heteroatoms. The molecule has 0 aromatic heterocycles.